The summed E-state index contributed by atoms with van der Waals surface area (Å²) in [4.78, 5) is 2.14. The van der Waals surface area contributed by atoms with E-state index in [1.165, 1.54) is 0 Å². The van der Waals surface area contributed by atoms with Crippen molar-refractivity contribution < 1.29 is 9.94 Å². The molecule has 0 saturated carbocycles. The summed E-state index contributed by atoms with van der Waals surface area (Å²) >= 11 is 6.24. The third-order valence-electron chi connectivity index (χ3n) is 3.08. The van der Waals surface area contributed by atoms with Crippen LogP contribution < -0.4 is 5.73 Å². The largest absolute Gasteiger partial charge is 0.409 e. The van der Waals surface area contributed by atoms with Gasteiger partial charge in [0.1, 0.15) is 11.0 Å². The van der Waals surface area contributed by atoms with Crippen molar-refractivity contribution in [1.82, 2.24) is 14.7 Å². The first-order valence-corrected chi connectivity index (χ1v) is 6.73. The van der Waals surface area contributed by atoms with Crippen LogP contribution in [-0.2, 0) is 18.3 Å². The van der Waals surface area contributed by atoms with Gasteiger partial charge in [0.05, 0.1) is 12.3 Å². The van der Waals surface area contributed by atoms with Crippen LogP contribution >= 0.6 is 11.6 Å². The number of hydrogen-bond acceptors (Lipinski definition) is 5. The summed E-state index contributed by atoms with van der Waals surface area (Å²) in [6, 6.07) is 0. The summed E-state index contributed by atoms with van der Waals surface area (Å²) in [6.45, 7) is 4.58. The number of aromatic nitrogens is 2. The Morgan fingerprint density at radius 1 is 1.55 bits per heavy atom. The fraction of sp³-hybridized carbons (Fsp3) is 0.667. The van der Waals surface area contributed by atoms with Gasteiger partial charge < -0.3 is 15.7 Å². The molecule has 0 bridgehead atoms. The summed E-state index contributed by atoms with van der Waals surface area (Å²) in [5.74, 6) is 0.210. The number of nitrogens with two attached hydrogens (primary N) is 1. The topological polar surface area (TPSA) is 88.9 Å². The summed E-state index contributed by atoms with van der Waals surface area (Å²) < 4.78 is 6.76. The Kier molecular flexibility index (Phi) is 6.77. The standard InChI is InChI=1S/C12H22ClN5O2/c1-9-10(12(13)17(2)15-9)8-18(6-7-20-3)5-4-11(14)16-19/h19H,4-8H2,1-3H3,(H2,14,16). The minimum absolute atomic E-state index is 0.210. The maximum Gasteiger partial charge on any atom is 0.140 e. The Bertz CT molecular complexity index is 461. The lowest BCUT2D eigenvalue weighted by Crippen LogP contribution is -2.31. The normalized spacial score (nSPS) is 12.3. The van der Waals surface area contributed by atoms with E-state index in [9.17, 15) is 0 Å². The van der Waals surface area contributed by atoms with E-state index in [1.807, 2.05) is 14.0 Å². The smallest absolute Gasteiger partial charge is 0.140 e. The quantitative estimate of drug-likeness (QED) is 0.323. The minimum Gasteiger partial charge on any atom is -0.409 e. The number of hydrogen-bond donors (Lipinski definition) is 2. The first-order chi connectivity index (χ1) is 9.49. The van der Waals surface area contributed by atoms with Gasteiger partial charge in [0.2, 0.25) is 0 Å². The van der Waals surface area contributed by atoms with E-state index in [2.05, 4.69) is 15.2 Å². The SMILES string of the molecule is COCCN(CCC(N)=NO)Cc1c(C)nn(C)c1Cl. The Hall–Kier alpha value is -1.31. The number of nitrogens with zero attached hydrogens (tertiary/aromatic N) is 4. The van der Waals surface area contributed by atoms with Gasteiger partial charge in [-0.25, -0.2) is 0 Å². The molecular weight excluding hydrogens is 282 g/mol. The van der Waals surface area contributed by atoms with Crippen LogP contribution in [0.3, 0.4) is 0 Å². The lowest BCUT2D eigenvalue weighted by Gasteiger charge is -2.21. The third-order valence-corrected chi connectivity index (χ3v) is 3.55. The monoisotopic (exact) mass is 303 g/mol. The van der Waals surface area contributed by atoms with Crippen molar-refractivity contribution in [3.8, 4) is 0 Å². The molecule has 1 aromatic rings. The third kappa shape index (κ3) is 4.66. The highest BCUT2D eigenvalue weighted by molar-refractivity contribution is 6.30. The van der Waals surface area contributed by atoms with Crippen LogP contribution in [0.15, 0.2) is 5.16 Å². The second-order valence-electron chi connectivity index (χ2n) is 4.59. The molecule has 3 N–H and O–H groups in total. The van der Waals surface area contributed by atoms with Crippen LogP contribution in [0.4, 0.5) is 0 Å². The van der Waals surface area contributed by atoms with Gasteiger partial charge in [-0.1, -0.05) is 16.8 Å². The molecule has 0 aliphatic rings. The van der Waals surface area contributed by atoms with Gasteiger partial charge in [-0.15, -0.1) is 0 Å². The van der Waals surface area contributed by atoms with Gasteiger partial charge in [-0.3, -0.25) is 9.58 Å². The zero-order valence-corrected chi connectivity index (χ0v) is 12.9. The predicted octanol–water partition coefficient (Wildman–Crippen LogP) is 0.967. The van der Waals surface area contributed by atoms with Crippen LogP contribution in [0.5, 0.6) is 0 Å². The van der Waals surface area contributed by atoms with Gasteiger partial charge >= 0.3 is 0 Å². The molecule has 0 radical (unpaired) electrons. The van der Waals surface area contributed by atoms with E-state index in [-0.39, 0.29) is 5.84 Å². The molecule has 7 nitrogen and oxygen atoms in total. The fourth-order valence-corrected chi connectivity index (χ4v) is 2.12. The van der Waals surface area contributed by atoms with E-state index in [0.717, 1.165) is 17.8 Å². The Morgan fingerprint density at radius 3 is 2.75 bits per heavy atom. The van der Waals surface area contributed by atoms with E-state index >= 15 is 0 Å². The zero-order valence-electron chi connectivity index (χ0n) is 12.1. The molecule has 0 unspecified atom stereocenters. The summed E-state index contributed by atoms with van der Waals surface area (Å²) in [6.07, 6.45) is 0.483. The number of halogens is 1. The van der Waals surface area contributed by atoms with Gasteiger partial charge in [0.25, 0.3) is 0 Å². The lowest BCUT2D eigenvalue weighted by molar-refractivity contribution is 0.145. The highest BCUT2D eigenvalue weighted by atomic mass is 35.5. The molecule has 0 aliphatic carbocycles. The summed E-state index contributed by atoms with van der Waals surface area (Å²) in [7, 11) is 3.47. The van der Waals surface area contributed by atoms with Crippen molar-refractivity contribution in [3.05, 3.63) is 16.4 Å². The molecule has 1 rings (SSSR count). The van der Waals surface area contributed by atoms with Gasteiger partial charge in [-0.2, -0.15) is 5.10 Å². The molecule has 1 aromatic heterocycles. The number of aryl methyl sites for hydroxylation is 2. The van der Waals surface area contributed by atoms with Crippen molar-refractivity contribution >= 4 is 17.4 Å². The van der Waals surface area contributed by atoms with Crippen LogP contribution in [0.2, 0.25) is 5.15 Å². The molecule has 0 spiro atoms. The first kappa shape index (κ1) is 16.7. The number of amidine groups is 1. The second-order valence-corrected chi connectivity index (χ2v) is 4.95. The summed E-state index contributed by atoms with van der Waals surface area (Å²) in [5, 5.41) is 16.5. The van der Waals surface area contributed by atoms with Crippen LogP contribution in [0, 0.1) is 6.92 Å². The molecule has 114 valence electrons. The van der Waals surface area contributed by atoms with E-state index in [4.69, 9.17) is 27.3 Å². The maximum atomic E-state index is 8.59. The minimum atomic E-state index is 0.210. The average molecular weight is 304 g/mol. The Labute approximate surface area is 123 Å². The summed E-state index contributed by atoms with van der Waals surface area (Å²) in [5.41, 5.74) is 7.40. The zero-order chi connectivity index (χ0) is 15.1. The second kappa shape index (κ2) is 8.08. The van der Waals surface area contributed by atoms with Gasteiger partial charge in [0, 0.05) is 45.8 Å². The van der Waals surface area contributed by atoms with Gasteiger partial charge in [-0.05, 0) is 6.92 Å². The molecular formula is C12H22ClN5O2. The molecule has 0 aliphatic heterocycles. The number of ether oxygens (including phenoxy) is 1. The van der Waals surface area contributed by atoms with E-state index < -0.39 is 0 Å². The molecule has 8 heteroatoms. The van der Waals surface area contributed by atoms with Crippen LogP contribution in [-0.4, -0.2) is 52.5 Å². The van der Waals surface area contributed by atoms with Crippen molar-refractivity contribution in [3.63, 3.8) is 0 Å². The average Bonchev–Trinajstić information content (AvgIpc) is 2.67. The van der Waals surface area contributed by atoms with Crippen molar-refractivity contribution in [2.24, 2.45) is 17.9 Å². The Morgan fingerprint density at radius 2 is 2.25 bits per heavy atom. The van der Waals surface area contributed by atoms with E-state index in [0.29, 0.717) is 31.3 Å². The lowest BCUT2D eigenvalue weighted by atomic mass is 10.2. The van der Waals surface area contributed by atoms with Gasteiger partial charge in [0.15, 0.2) is 0 Å². The molecule has 1 heterocycles. The first-order valence-electron chi connectivity index (χ1n) is 6.35. The predicted molar refractivity (Wildman–Crippen MR) is 78.1 cm³/mol. The molecule has 0 amide bonds. The van der Waals surface area contributed by atoms with E-state index in [1.54, 1.807) is 11.8 Å². The maximum absolute atomic E-state index is 8.59. The molecule has 0 aromatic carbocycles. The fourth-order valence-electron chi connectivity index (χ4n) is 1.89. The number of methoxy groups -OCH3 is 1. The van der Waals surface area contributed by atoms with Crippen LogP contribution in [0.1, 0.15) is 17.7 Å². The number of oxime groups is 1. The van der Waals surface area contributed by atoms with Crippen molar-refractivity contribution in [2.75, 3.05) is 26.8 Å². The molecule has 0 fully saturated rings. The highest BCUT2D eigenvalue weighted by Gasteiger charge is 2.15. The molecule has 0 atom stereocenters. The molecule has 20 heavy (non-hydrogen) atoms. The number of rotatable bonds is 8. The van der Waals surface area contributed by atoms with Crippen molar-refractivity contribution in [1.29, 1.82) is 0 Å². The van der Waals surface area contributed by atoms with Crippen LogP contribution in [0.25, 0.3) is 0 Å². The van der Waals surface area contributed by atoms with Crippen molar-refractivity contribution in [2.45, 2.75) is 19.9 Å². The Balaban J connectivity index is 2.72. The molecule has 0 saturated heterocycles. The highest BCUT2D eigenvalue weighted by Crippen LogP contribution is 2.20.